The maximum atomic E-state index is 13.0. The fourth-order valence-electron chi connectivity index (χ4n) is 3.13. The van der Waals surface area contributed by atoms with E-state index in [0.717, 1.165) is 5.75 Å². The van der Waals surface area contributed by atoms with E-state index in [4.69, 9.17) is 11.5 Å². The summed E-state index contributed by atoms with van der Waals surface area (Å²) in [5, 5.41) is 17.4. The van der Waals surface area contributed by atoms with E-state index in [1.54, 1.807) is 32.5 Å². The number of rotatable bonds is 17. The average Bonchev–Trinajstić information content (AvgIpc) is 2.77. The number of carboxylic acids is 1. The summed E-state index contributed by atoms with van der Waals surface area (Å²) in [6.07, 6.45) is 4.61. The standard InChI is InChI=1S/C22H43N5O5S/c1-6-14(4)18(22(31)32)27-21(30)17(13(2)3)26-20(29)16(9-7-8-11-23)25-19(28)15(24)10-12-33-5/h13-18H,6-12,23-24H2,1-5H3,(H,25,28)(H,26,29)(H,27,30)(H,31,32). The van der Waals surface area contributed by atoms with Gasteiger partial charge in [0.2, 0.25) is 17.7 Å². The third-order valence-electron chi connectivity index (χ3n) is 5.57. The van der Waals surface area contributed by atoms with Crippen molar-refractivity contribution in [3.05, 3.63) is 0 Å². The molecule has 0 aliphatic heterocycles. The zero-order chi connectivity index (χ0) is 25.6. The summed E-state index contributed by atoms with van der Waals surface area (Å²) in [5.41, 5.74) is 11.5. The zero-order valence-electron chi connectivity index (χ0n) is 20.6. The highest BCUT2D eigenvalue weighted by atomic mass is 32.2. The predicted molar refractivity (Wildman–Crippen MR) is 132 cm³/mol. The number of carbonyl (C=O) groups excluding carboxylic acids is 3. The van der Waals surface area contributed by atoms with Gasteiger partial charge in [0.15, 0.2) is 0 Å². The van der Waals surface area contributed by atoms with Crippen molar-refractivity contribution < 1.29 is 24.3 Å². The van der Waals surface area contributed by atoms with Gasteiger partial charge in [-0.15, -0.1) is 0 Å². The molecule has 0 aromatic rings. The summed E-state index contributed by atoms with van der Waals surface area (Å²) in [6, 6.07) is -3.63. The largest absolute Gasteiger partial charge is 0.480 e. The molecule has 0 aliphatic rings. The Hall–Kier alpha value is -1.85. The van der Waals surface area contributed by atoms with Gasteiger partial charge in [-0.25, -0.2) is 4.79 Å². The first-order chi connectivity index (χ1) is 15.5. The molecule has 0 spiro atoms. The molecule has 192 valence electrons. The van der Waals surface area contributed by atoms with E-state index in [0.29, 0.717) is 38.6 Å². The van der Waals surface area contributed by atoms with Crippen LogP contribution in [-0.4, -0.2) is 71.5 Å². The van der Waals surface area contributed by atoms with Gasteiger partial charge in [0.05, 0.1) is 6.04 Å². The normalized spacial score (nSPS) is 15.8. The highest BCUT2D eigenvalue weighted by molar-refractivity contribution is 7.98. The summed E-state index contributed by atoms with van der Waals surface area (Å²) in [5.74, 6) is -2.50. The van der Waals surface area contributed by atoms with Gasteiger partial charge in [0.25, 0.3) is 0 Å². The minimum atomic E-state index is -1.13. The van der Waals surface area contributed by atoms with E-state index in [-0.39, 0.29) is 11.8 Å². The lowest BCUT2D eigenvalue weighted by atomic mass is 9.97. The van der Waals surface area contributed by atoms with Gasteiger partial charge in [-0.2, -0.15) is 11.8 Å². The number of carboxylic acid groups (broad SMARTS) is 1. The Labute approximate surface area is 201 Å². The van der Waals surface area contributed by atoms with Crippen LogP contribution in [0.15, 0.2) is 0 Å². The molecule has 0 aromatic carbocycles. The third kappa shape index (κ3) is 11.7. The molecule has 5 unspecified atom stereocenters. The summed E-state index contributed by atoms with van der Waals surface area (Å²) >= 11 is 1.58. The van der Waals surface area contributed by atoms with Crippen molar-refractivity contribution in [2.75, 3.05) is 18.6 Å². The van der Waals surface area contributed by atoms with Crippen molar-refractivity contribution in [3.63, 3.8) is 0 Å². The average molecular weight is 490 g/mol. The number of unbranched alkanes of at least 4 members (excludes halogenated alkanes) is 1. The van der Waals surface area contributed by atoms with Crippen molar-refractivity contribution in [2.24, 2.45) is 23.3 Å². The monoisotopic (exact) mass is 489 g/mol. The molecule has 0 saturated heterocycles. The number of hydrogen-bond acceptors (Lipinski definition) is 7. The van der Waals surface area contributed by atoms with Crippen molar-refractivity contribution in [2.45, 2.75) is 84.0 Å². The molecular weight excluding hydrogens is 446 g/mol. The fourth-order valence-corrected chi connectivity index (χ4v) is 3.62. The van der Waals surface area contributed by atoms with Crippen LogP contribution in [0.25, 0.3) is 0 Å². The molecule has 33 heavy (non-hydrogen) atoms. The van der Waals surface area contributed by atoms with E-state index in [9.17, 15) is 24.3 Å². The summed E-state index contributed by atoms with van der Waals surface area (Å²) < 4.78 is 0. The van der Waals surface area contributed by atoms with Crippen LogP contribution in [0.3, 0.4) is 0 Å². The van der Waals surface area contributed by atoms with E-state index >= 15 is 0 Å². The second-order valence-electron chi connectivity index (χ2n) is 8.67. The zero-order valence-corrected chi connectivity index (χ0v) is 21.4. The molecule has 5 atom stereocenters. The van der Waals surface area contributed by atoms with Gasteiger partial charge >= 0.3 is 5.97 Å². The maximum Gasteiger partial charge on any atom is 0.326 e. The van der Waals surface area contributed by atoms with Crippen molar-refractivity contribution in [1.82, 2.24) is 16.0 Å². The molecule has 11 heteroatoms. The van der Waals surface area contributed by atoms with Crippen LogP contribution in [0, 0.1) is 11.8 Å². The Morgan fingerprint density at radius 1 is 0.909 bits per heavy atom. The van der Waals surface area contributed by atoms with Crippen LogP contribution in [0.2, 0.25) is 0 Å². The molecule has 0 rings (SSSR count). The summed E-state index contributed by atoms with van der Waals surface area (Å²) in [7, 11) is 0. The Kier molecular flexibility index (Phi) is 15.8. The number of thioether (sulfide) groups is 1. The molecular formula is C22H43N5O5S. The number of hydrogen-bond donors (Lipinski definition) is 6. The van der Waals surface area contributed by atoms with Gasteiger partial charge in [-0.3, -0.25) is 14.4 Å². The minimum Gasteiger partial charge on any atom is -0.480 e. The highest BCUT2D eigenvalue weighted by Gasteiger charge is 2.33. The van der Waals surface area contributed by atoms with Crippen LogP contribution < -0.4 is 27.4 Å². The SMILES string of the molecule is CCC(C)C(NC(=O)C(NC(=O)C(CCCCN)NC(=O)C(N)CCSC)C(C)C)C(=O)O. The second kappa shape index (κ2) is 16.7. The number of aliphatic carboxylic acids is 1. The summed E-state index contributed by atoms with van der Waals surface area (Å²) in [6.45, 7) is 7.55. The van der Waals surface area contributed by atoms with Crippen molar-refractivity contribution in [1.29, 1.82) is 0 Å². The van der Waals surface area contributed by atoms with Gasteiger partial charge in [0, 0.05) is 0 Å². The molecule has 0 saturated carbocycles. The summed E-state index contributed by atoms with van der Waals surface area (Å²) in [4.78, 5) is 50.0. The Balaban J connectivity index is 5.41. The minimum absolute atomic E-state index is 0.277. The van der Waals surface area contributed by atoms with Crippen LogP contribution in [-0.2, 0) is 19.2 Å². The Morgan fingerprint density at radius 3 is 2.00 bits per heavy atom. The van der Waals surface area contributed by atoms with Gasteiger partial charge in [0.1, 0.15) is 18.1 Å². The van der Waals surface area contributed by atoms with Crippen molar-refractivity contribution in [3.8, 4) is 0 Å². The van der Waals surface area contributed by atoms with E-state index in [1.807, 2.05) is 13.2 Å². The van der Waals surface area contributed by atoms with Gasteiger partial charge < -0.3 is 32.5 Å². The van der Waals surface area contributed by atoms with Gasteiger partial charge in [-0.1, -0.05) is 34.1 Å². The molecule has 10 nitrogen and oxygen atoms in total. The molecule has 0 bridgehead atoms. The smallest absolute Gasteiger partial charge is 0.326 e. The quantitative estimate of drug-likeness (QED) is 0.159. The first-order valence-corrected chi connectivity index (χ1v) is 13.0. The number of carbonyl (C=O) groups is 4. The third-order valence-corrected chi connectivity index (χ3v) is 6.22. The Morgan fingerprint density at radius 2 is 1.52 bits per heavy atom. The van der Waals surface area contributed by atoms with Crippen LogP contribution in [0.1, 0.15) is 59.8 Å². The lowest BCUT2D eigenvalue weighted by Gasteiger charge is -2.28. The number of nitrogens with two attached hydrogens (primary N) is 2. The first kappa shape index (κ1) is 31.1. The second-order valence-corrected chi connectivity index (χ2v) is 9.66. The molecule has 0 radical (unpaired) electrons. The molecule has 0 heterocycles. The molecule has 0 aromatic heterocycles. The van der Waals surface area contributed by atoms with E-state index in [1.165, 1.54) is 0 Å². The number of nitrogens with one attached hydrogen (secondary N) is 3. The molecule has 3 amide bonds. The van der Waals surface area contributed by atoms with Crippen molar-refractivity contribution >= 4 is 35.5 Å². The van der Waals surface area contributed by atoms with Crippen LogP contribution in [0.5, 0.6) is 0 Å². The predicted octanol–water partition coefficient (Wildman–Crippen LogP) is 0.437. The van der Waals surface area contributed by atoms with Crippen LogP contribution in [0.4, 0.5) is 0 Å². The Bertz CT molecular complexity index is 634. The maximum absolute atomic E-state index is 13.0. The highest BCUT2D eigenvalue weighted by Crippen LogP contribution is 2.11. The fraction of sp³-hybridized carbons (Fsp3) is 0.818. The molecule has 0 fully saturated rings. The van der Waals surface area contributed by atoms with E-state index in [2.05, 4.69) is 16.0 Å². The molecule has 0 aliphatic carbocycles. The topological polar surface area (TPSA) is 177 Å². The van der Waals surface area contributed by atoms with E-state index < -0.39 is 47.9 Å². The number of amides is 3. The lowest BCUT2D eigenvalue weighted by molar-refractivity contribution is -0.144. The van der Waals surface area contributed by atoms with Gasteiger partial charge in [-0.05, 0) is 56.1 Å². The molecule has 8 N–H and O–H groups in total. The lowest BCUT2D eigenvalue weighted by Crippen LogP contribution is -2.59. The first-order valence-electron chi connectivity index (χ1n) is 11.6. The van der Waals surface area contributed by atoms with Crippen LogP contribution >= 0.6 is 11.8 Å².